The number of aliphatic hydroxyl groups excluding tert-OH is 1. The second-order valence-electron chi connectivity index (χ2n) is 18.8. The summed E-state index contributed by atoms with van der Waals surface area (Å²) in [6, 6.07) is -11.0. The van der Waals surface area contributed by atoms with Gasteiger partial charge in [0.1, 0.15) is 48.3 Å². The summed E-state index contributed by atoms with van der Waals surface area (Å²) in [7, 11) is 0. The van der Waals surface area contributed by atoms with Gasteiger partial charge < -0.3 is 68.9 Å². The minimum Gasteiger partial charge on any atom is -0.480 e. The van der Waals surface area contributed by atoms with Crippen molar-refractivity contribution < 1.29 is 81.2 Å². The van der Waals surface area contributed by atoms with Crippen LogP contribution in [-0.4, -0.2) is 171 Å². The third-order valence-corrected chi connectivity index (χ3v) is 11.6. The second kappa shape index (κ2) is 31.0. The van der Waals surface area contributed by atoms with Gasteiger partial charge in [-0.1, -0.05) is 55.4 Å². The number of aliphatic carboxylic acids is 2. The van der Waals surface area contributed by atoms with Crippen molar-refractivity contribution in [2.24, 2.45) is 35.1 Å². The molecule has 9 amide bonds. The molecule has 1 saturated heterocycles. The van der Waals surface area contributed by atoms with Gasteiger partial charge in [0, 0.05) is 6.54 Å². The smallest absolute Gasteiger partial charge is 0.480 e. The topological polar surface area (TPSA) is 388 Å². The number of halogens is 3. The number of carbonyl (C=O) groups is 11. The Morgan fingerprint density at radius 3 is 1.57 bits per heavy atom. The molecule has 1 aliphatic heterocycles. The Morgan fingerprint density at radius 1 is 0.653 bits per heavy atom. The van der Waals surface area contributed by atoms with Gasteiger partial charge in [-0.3, -0.25) is 43.2 Å². The monoisotopic (exact) mass is 1060 g/mol. The van der Waals surface area contributed by atoms with Crippen molar-refractivity contribution in [3.8, 4) is 0 Å². The molecule has 24 nitrogen and oxygen atoms in total. The van der Waals surface area contributed by atoms with E-state index in [-0.39, 0.29) is 31.7 Å². The highest BCUT2D eigenvalue weighted by Gasteiger charge is 2.42. The average molecular weight is 1060 g/mol. The van der Waals surface area contributed by atoms with Crippen LogP contribution in [-0.2, 0) is 52.7 Å². The van der Waals surface area contributed by atoms with E-state index in [1.165, 1.54) is 30.5 Å². The summed E-state index contributed by atoms with van der Waals surface area (Å²) in [5, 5.41) is 44.7. The first-order valence-corrected chi connectivity index (χ1v) is 24.6. The van der Waals surface area contributed by atoms with Crippen LogP contribution in [0.3, 0.4) is 0 Å². The lowest BCUT2D eigenvalue weighted by atomic mass is 9.99. The van der Waals surface area contributed by atoms with Gasteiger partial charge in [0.25, 0.3) is 0 Å². The predicted molar refractivity (Wildman–Crippen MR) is 256 cm³/mol. The first kappa shape index (κ1) is 66.2. The molecule has 0 saturated carbocycles. The summed E-state index contributed by atoms with van der Waals surface area (Å²) < 4.78 is 31.7. The molecule has 1 heterocycles. The van der Waals surface area contributed by atoms with E-state index < -0.39 is 156 Å². The number of likely N-dealkylation sites (tertiary alicyclic amines) is 1. The van der Waals surface area contributed by atoms with Crippen LogP contribution in [0.5, 0.6) is 0 Å². The molecule has 0 spiro atoms. The zero-order valence-corrected chi connectivity index (χ0v) is 43.3. The molecule has 14 N–H and O–H groups in total. The van der Waals surface area contributed by atoms with Crippen LogP contribution in [0.25, 0.3) is 0 Å². The van der Waals surface area contributed by atoms with Gasteiger partial charge in [0.15, 0.2) is 0 Å². The third kappa shape index (κ3) is 22.8. The van der Waals surface area contributed by atoms with Crippen molar-refractivity contribution in [2.75, 3.05) is 18.6 Å². The summed E-state index contributed by atoms with van der Waals surface area (Å²) in [5.41, 5.74) is 11.0. The fraction of sp³-hybridized carbons (Fsp3) is 0.750. The number of carboxylic acids is 2. The van der Waals surface area contributed by atoms with E-state index in [4.69, 9.17) is 21.4 Å². The molecular formula is C44H75F3N10O14S. The molecule has 412 valence electrons. The summed E-state index contributed by atoms with van der Waals surface area (Å²) in [6.45, 7) is 16.2. The van der Waals surface area contributed by atoms with Crippen LogP contribution in [0, 0.1) is 23.7 Å². The van der Waals surface area contributed by atoms with Crippen molar-refractivity contribution in [1.82, 2.24) is 42.1 Å². The van der Waals surface area contributed by atoms with Crippen molar-refractivity contribution in [1.29, 1.82) is 0 Å². The lowest BCUT2D eigenvalue weighted by Gasteiger charge is -2.32. The highest BCUT2D eigenvalue weighted by Crippen LogP contribution is 2.22. The van der Waals surface area contributed by atoms with Gasteiger partial charge in [-0.2, -0.15) is 24.9 Å². The van der Waals surface area contributed by atoms with E-state index in [0.29, 0.717) is 12.2 Å². The van der Waals surface area contributed by atoms with Gasteiger partial charge in [0.05, 0.1) is 18.6 Å². The lowest BCUT2D eigenvalue weighted by Crippen LogP contribution is -2.61. The first-order chi connectivity index (χ1) is 33.1. The maximum absolute atomic E-state index is 14.1. The molecular weight excluding hydrogens is 982 g/mol. The number of primary amides is 1. The minimum atomic E-state index is -5.08. The quantitative estimate of drug-likeness (QED) is 0.0444. The van der Waals surface area contributed by atoms with Crippen LogP contribution in [0.1, 0.15) is 101 Å². The van der Waals surface area contributed by atoms with Gasteiger partial charge in [-0.15, -0.1) is 0 Å². The fourth-order valence-electron chi connectivity index (χ4n) is 6.91. The summed E-state index contributed by atoms with van der Waals surface area (Å²) in [6.07, 6.45) is -4.13. The van der Waals surface area contributed by atoms with Crippen LogP contribution in [0.2, 0.25) is 0 Å². The van der Waals surface area contributed by atoms with E-state index in [0.717, 1.165) is 0 Å². The van der Waals surface area contributed by atoms with Crippen LogP contribution < -0.4 is 48.7 Å². The van der Waals surface area contributed by atoms with E-state index in [9.17, 15) is 71.3 Å². The Bertz CT molecular complexity index is 1910. The number of aliphatic hydroxyl groups is 1. The maximum Gasteiger partial charge on any atom is 0.490 e. The Balaban J connectivity index is 0.00000666. The van der Waals surface area contributed by atoms with Gasteiger partial charge in [0.2, 0.25) is 53.2 Å². The van der Waals surface area contributed by atoms with E-state index >= 15 is 0 Å². The van der Waals surface area contributed by atoms with Crippen molar-refractivity contribution in [3.05, 3.63) is 0 Å². The number of alkyl halides is 3. The van der Waals surface area contributed by atoms with Crippen LogP contribution in [0.4, 0.5) is 13.2 Å². The standard InChI is InChI=1S/C42H74N10O12S.C2HF3O2/c1-19(2)17-27(47-35(56)25(43)18-29(44)54)37(58)49-31(21(5)6)41(62)52-15-12-13-28(52)38(59)46-26(14-16-65-11)36(57)48-30(20(3)4)39(60)45-23(9)34(55)51-33(24(10)53)40(61)50-32(22(7)8)42(63)64;3-2(4,5)1(6)7/h19-28,30-33,53H,12-18,43H2,1-11H3,(H2,44,54)(H,45,60)(H,46,59)(H,47,56)(H,48,57)(H,49,58)(H,50,61)(H,51,55)(H,63,64);(H,6,7)/t23-,24+,25-,26-,27-,28-,30-,31-,32-,33-;/m0./s1. The number of nitrogens with one attached hydrogen (secondary N) is 7. The number of thioether (sulfide) groups is 1. The molecule has 1 rings (SSSR count). The van der Waals surface area contributed by atoms with Gasteiger partial charge in [-0.25, -0.2) is 9.59 Å². The number of carboxylic acid groups (broad SMARTS) is 2. The number of nitrogens with zero attached hydrogens (tertiary/aromatic N) is 1. The average Bonchev–Trinajstić information content (AvgIpc) is 3.75. The molecule has 0 aliphatic carbocycles. The molecule has 0 aromatic carbocycles. The molecule has 0 unspecified atom stereocenters. The molecule has 0 aromatic heterocycles. The Morgan fingerprint density at radius 2 is 1.12 bits per heavy atom. The summed E-state index contributed by atoms with van der Waals surface area (Å²) in [4.78, 5) is 141. The molecule has 1 fully saturated rings. The maximum atomic E-state index is 14.1. The molecule has 0 aromatic rings. The highest BCUT2D eigenvalue weighted by molar-refractivity contribution is 7.98. The molecule has 28 heteroatoms. The Labute approximate surface area is 420 Å². The van der Waals surface area contributed by atoms with E-state index in [1.54, 1.807) is 47.8 Å². The summed E-state index contributed by atoms with van der Waals surface area (Å²) in [5.74, 6) is -11.9. The third-order valence-electron chi connectivity index (χ3n) is 10.9. The van der Waals surface area contributed by atoms with Crippen molar-refractivity contribution in [2.45, 2.75) is 168 Å². The minimum absolute atomic E-state index is 0.0716. The number of rotatable bonds is 27. The lowest BCUT2D eigenvalue weighted by molar-refractivity contribution is -0.192. The summed E-state index contributed by atoms with van der Waals surface area (Å²) >= 11 is 1.41. The number of nitrogens with two attached hydrogens (primary N) is 2. The molecule has 0 bridgehead atoms. The fourth-order valence-corrected chi connectivity index (χ4v) is 7.38. The van der Waals surface area contributed by atoms with Crippen molar-refractivity contribution in [3.63, 3.8) is 0 Å². The van der Waals surface area contributed by atoms with Crippen molar-refractivity contribution >= 4 is 76.9 Å². The Hall–Kier alpha value is -5.77. The molecule has 0 radical (unpaired) electrons. The van der Waals surface area contributed by atoms with Crippen LogP contribution in [0.15, 0.2) is 0 Å². The molecule has 10 atom stereocenters. The Kier molecular flexibility index (Phi) is 28.5. The molecule has 1 aliphatic rings. The van der Waals surface area contributed by atoms with Gasteiger partial charge in [-0.05, 0) is 75.2 Å². The highest BCUT2D eigenvalue weighted by atomic mass is 32.2. The first-order valence-electron chi connectivity index (χ1n) is 23.3. The van der Waals surface area contributed by atoms with E-state index in [2.05, 4.69) is 37.2 Å². The van der Waals surface area contributed by atoms with E-state index in [1.807, 2.05) is 13.8 Å². The number of hydrogen-bond acceptors (Lipinski definition) is 14. The van der Waals surface area contributed by atoms with Crippen LogP contribution >= 0.6 is 11.8 Å². The van der Waals surface area contributed by atoms with Gasteiger partial charge >= 0.3 is 18.1 Å². The number of carbonyl (C=O) groups excluding carboxylic acids is 9. The SMILES string of the molecule is CSCC[C@H](NC(=O)[C@@H]1CCCN1C(=O)[C@@H](NC(=O)[C@H](CC(C)C)NC(=O)[C@@H](N)CC(N)=O)C(C)C)C(=O)N[C@H](C(=O)N[C@@H](C)C(=O)N[C@H](C(=O)N[C@H](C(=O)O)C(C)C)[C@@H](C)O)C(C)C.O=C(O)C(F)(F)F. The normalized spacial score (nSPS) is 17.3. The second-order valence-corrected chi connectivity index (χ2v) is 19.8. The molecule has 72 heavy (non-hydrogen) atoms. The zero-order chi connectivity index (χ0) is 56.1. The predicted octanol–water partition coefficient (Wildman–Crippen LogP) is -1.54. The number of hydrogen-bond donors (Lipinski definition) is 12. The number of amides is 9. The largest absolute Gasteiger partial charge is 0.490 e. The zero-order valence-electron chi connectivity index (χ0n) is 42.5.